The van der Waals surface area contributed by atoms with E-state index in [4.69, 9.17) is 0 Å². The largest absolute Gasteiger partial charge is 0.119 e. The molecule has 0 radical (unpaired) electrons. The Kier molecular flexibility index (Phi) is 1.15. The van der Waals surface area contributed by atoms with Gasteiger partial charge in [0.15, 0.2) is 0 Å². The maximum absolute atomic E-state index is 2.39. The first kappa shape index (κ1) is 5.56. The highest BCUT2D eigenvalue weighted by atomic mass is 31.1. The molecule has 3 unspecified atom stereocenters. The second kappa shape index (κ2) is 1.45. The van der Waals surface area contributed by atoms with Crippen molar-refractivity contribution in [2.24, 2.45) is 5.92 Å². The van der Waals surface area contributed by atoms with Crippen LogP contribution in [-0.2, 0) is 0 Å². The fourth-order valence-corrected chi connectivity index (χ4v) is 1.93. The van der Waals surface area contributed by atoms with Gasteiger partial charge in [-0.05, 0) is 24.2 Å². The lowest BCUT2D eigenvalue weighted by molar-refractivity contribution is 0.874. The molecule has 1 aliphatic carbocycles. The Morgan fingerprint density at radius 2 is 2.14 bits per heavy atom. The van der Waals surface area contributed by atoms with Gasteiger partial charge < -0.3 is 0 Å². The molecule has 0 aromatic carbocycles. The lowest BCUT2D eigenvalue weighted by Crippen LogP contribution is -1.91. The highest BCUT2D eigenvalue weighted by Crippen LogP contribution is 2.55. The van der Waals surface area contributed by atoms with Crippen molar-refractivity contribution in [1.82, 2.24) is 0 Å². The highest BCUT2D eigenvalue weighted by Gasteiger charge is 2.44. The van der Waals surface area contributed by atoms with Crippen molar-refractivity contribution in [1.29, 1.82) is 0 Å². The lowest BCUT2D eigenvalue weighted by atomic mass is 10.4. The number of hydrogen-bond acceptors (Lipinski definition) is 0. The summed E-state index contributed by atoms with van der Waals surface area (Å²) >= 11 is 0. The maximum Gasteiger partial charge on any atom is -0.0124 e. The van der Waals surface area contributed by atoms with Gasteiger partial charge in [-0.25, -0.2) is 0 Å². The Bertz CT molecular complexity index is 76.2. The summed E-state index contributed by atoms with van der Waals surface area (Å²) in [4.78, 5) is 0. The van der Waals surface area contributed by atoms with Crippen LogP contribution in [-0.4, -0.2) is 11.8 Å². The zero-order chi connectivity index (χ0) is 5.49. The molecule has 7 heavy (non-hydrogen) atoms. The molecule has 0 spiro atoms. The molecule has 0 aliphatic heterocycles. The number of rotatable bonds is 1. The van der Waals surface area contributed by atoms with E-state index in [1.807, 2.05) is 0 Å². The van der Waals surface area contributed by atoms with E-state index >= 15 is 0 Å². The van der Waals surface area contributed by atoms with Crippen LogP contribution in [0.15, 0.2) is 0 Å². The van der Waals surface area contributed by atoms with Gasteiger partial charge in [0.1, 0.15) is 0 Å². The van der Waals surface area contributed by atoms with Gasteiger partial charge >= 0.3 is 0 Å². The van der Waals surface area contributed by atoms with E-state index in [1.54, 1.807) is 0 Å². The Morgan fingerprint density at radius 3 is 2.14 bits per heavy atom. The fraction of sp³-hybridized carbons (Fsp3) is 1.00. The molecule has 1 rings (SSSR count). The lowest BCUT2D eigenvalue weighted by Gasteiger charge is -2.01. The molecule has 1 heteroatoms. The van der Waals surface area contributed by atoms with Crippen LogP contribution in [0, 0.1) is 5.92 Å². The Morgan fingerprint density at radius 1 is 1.71 bits per heavy atom. The van der Waals surface area contributed by atoms with Crippen molar-refractivity contribution in [2.45, 2.75) is 25.4 Å². The molecular formula is C6H13P. The van der Waals surface area contributed by atoms with E-state index in [0.717, 1.165) is 19.7 Å². The van der Waals surface area contributed by atoms with Gasteiger partial charge in [0.05, 0.1) is 0 Å². The Hall–Kier alpha value is 0.430. The molecule has 0 aromatic rings. The minimum absolute atomic E-state index is 0.778. The summed E-state index contributed by atoms with van der Waals surface area (Å²) in [6.07, 6.45) is 1.47. The van der Waals surface area contributed by atoms with E-state index in [1.165, 1.54) is 6.42 Å². The molecule has 0 bridgehead atoms. The van der Waals surface area contributed by atoms with Crippen LogP contribution in [0.2, 0.25) is 0 Å². The second-order valence-corrected chi connectivity index (χ2v) is 4.41. The van der Waals surface area contributed by atoms with Crippen LogP contribution in [0.25, 0.3) is 0 Å². The topological polar surface area (TPSA) is 0 Å². The van der Waals surface area contributed by atoms with Crippen LogP contribution < -0.4 is 0 Å². The molecule has 0 amide bonds. The van der Waals surface area contributed by atoms with Gasteiger partial charge in [-0.15, -0.1) is 8.58 Å². The minimum atomic E-state index is 0.778. The average Bonchev–Trinajstić information content (AvgIpc) is 2.18. The van der Waals surface area contributed by atoms with Crippen molar-refractivity contribution >= 4 is 8.58 Å². The van der Waals surface area contributed by atoms with Crippen molar-refractivity contribution in [3.8, 4) is 0 Å². The molecule has 1 aliphatic rings. The average molecular weight is 116 g/mol. The SMILES string of the molecule is CPC1(C)CC1C. The molecule has 42 valence electrons. The third-order valence-electron chi connectivity index (χ3n) is 2.23. The van der Waals surface area contributed by atoms with Crippen LogP contribution >= 0.6 is 8.58 Å². The van der Waals surface area contributed by atoms with Gasteiger partial charge in [-0.3, -0.25) is 0 Å². The van der Waals surface area contributed by atoms with Crippen LogP contribution in [0.1, 0.15) is 20.3 Å². The van der Waals surface area contributed by atoms with E-state index < -0.39 is 0 Å². The van der Waals surface area contributed by atoms with E-state index in [0.29, 0.717) is 0 Å². The van der Waals surface area contributed by atoms with E-state index in [9.17, 15) is 0 Å². The van der Waals surface area contributed by atoms with E-state index in [-0.39, 0.29) is 0 Å². The van der Waals surface area contributed by atoms with Gasteiger partial charge in [0, 0.05) is 0 Å². The third kappa shape index (κ3) is 0.817. The van der Waals surface area contributed by atoms with Crippen molar-refractivity contribution < 1.29 is 0 Å². The first-order valence-corrected chi connectivity index (χ1v) is 4.38. The molecule has 0 N–H and O–H groups in total. The third-order valence-corrected chi connectivity index (χ3v) is 4.07. The Labute approximate surface area is 47.5 Å². The molecule has 0 heterocycles. The zero-order valence-corrected chi connectivity index (χ0v) is 6.28. The first-order chi connectivity index (χ1) is 3.19. The summed E-state index contributed by atoms with van der Waals surface area (Å²) in [6, 6.07) is 0. The molecular weight excluding hydrogens is 103 g/mol. The first-order valence-electron chi connectivity index (χ1n) is 2.88. The zero-order valence-electron chi connectivity index (χ0n) is 5.28. The molecule has 0 nitrogen and oxygen atoms in total. The molecule has 3 atom stereocenters. The van der Waals surface area contributed by atoms with Crippen LogP contribution in [0.3, 0.4) is 0 Å². The molecule has 1 fully saturated rings. The molecule has 0 saturated heterocycles. The number of hydrogen-bond donors (Lipinski definition) is 0. The summed E-state index contributed by atoms with van der Waals surface area (Å²) in [6.45, 7) is 7.04. The fourth-order valence-electron chi connectivity index (χ4n) is 0.926. The summed E-state index contributed by atoms with van der Waals surface area (Å²) in [5.41, 5.74) is 0. The minimum Gasteiger partial charge on any atom is -0.119 e. The summed E-state index contributed by atoms with van der Waals surface area (Å²) in [5.74, 6) is 1.02. The van der Waals surface area contributed by atoms with Crippen molar-refractivity contribution in [3.05, 3.63) is 0 Å². The van der Waals surface area contributed by atoms with Gasteiger partial charge in [0.2, 0.25) is 0 Å². The van der Waals surface area contributed by atoms with Crippen molar-refractivity contribution in [2.75, 3.05) is 6.66 Å². The Balaban J connectivity index is 2.36. The quantitative estimate of drug-likeness (QED) is 0.460. The predicted molar refractivity (Wildman–Crippen MR) is 36.4 cm³/mol. The normalized spacial score (nSPS) is 51.0. The van der Waals surface area contributed by atoms with Crippen LogP contribution in [0.5, 0.6) is 0 Å². The van der Waals surface area contributed by atoms with E-state index in [2.05, 4.69) is 20.5 Å². The summed E-state index contributed by atoms with van der Waals surface area (Å²) < 4.78 is 0. The summed E-state index contributed by atoms with van der Waals surface area (Å²) in [7, 11) is 1.16. The van der Waals surface area contributed by atoms with Crippen LogP contribution in [0.4, 0.5) is 0 Å². The molecule has 0 aromatic heterocycles. The smallest absolute Gasteiger partial charge is 0.0124 e. The monoisotopic (exact) mass is 116 g/mol. The van der Waals surface area contributed by atoms with Gasteiger partial charge in [-0.1, -0.05) is 13.8 Å². The second-order valence-electron chi connectivity index (χ2n) is 2.77. The maximum atomic E-state index is 2.39. The predicted octanol–water partition coefficient (Wildman–Crippen LogP) is 2.09. The standard InChI is InChI=1S/C6H13P/c1-5-4-6(5,2)7-3/h5,7H,4H2,1-3H3. The molecule has 1 saturated carbocycles. The van der Waals surface area contributed by atoms with Gasteiger partial charge in [0.25, 0.3) is 0 Å². The van der Waals surface area contributed by atoms with Gasteiger partial charge in [-0.2, -0.15) is 0 Å². The summed E-state index contributed by atoms with van der Waals surface area (Å²) in [5, 5.41) is 0.778. The highest BCUT2D eigenvalue weighted by molar-refractivity contribution is 7.39. The van der Waals surface area contributed by atoms with Crippen molar-refractivity contribution in [3.63, 3.8) is 0 Å².